The molecule has 0 atom stereocenters. The Labute approximate surface area is 211 Å². The molecule has 0 N–H and O–H groups in total. The first-order valence-corrected chi connectivity index (χ1v) is 13.1. The lowest BCUT2D eigenvalue weighted by molar-refractivity contribution is 0.0476. The predicted octanol–water partition coefficient (Wildman–Crippen LogP) is 4.43. The van der Waals surface area contributed by atoms with Crippen LogP contribution in [-0.4, -0.2) is 64.7 Å². The molecule has 7 nitrogen and oxygen atoms in total. The molecule has 2 aliphatic rings. The summed E-state index contributed by atoms with van der Waals surface area (Å²) in [5.41, 5.74) is 0.450. The average Bonchev–Trinajstić information content (AvgIpc) is 3.42. The number of sulfonamides is 1. The summed E-state index contributed by atoms with van der Waals surface area (Å²) in [6.45, 7) is 2.17. The smallest absolute Gasteiger partial charge is 0.262 e. The van der Waals surface area contributed by atoms with Gasteiger partial charge in [-0.2, -0.15) is 4.31 Å². The first-order valence-electron chi connectivity index (χ1n) is 10.9. The van der Waals surface area contributed by atoms with Gasteiger partial charge in [-0.3, -0.25) is 9.69 Å². The number of nitrogens with zero attached hydrogens (tertiary/aromatic N) is 4. The van der Waals surface area contributed by atoms with Crippen LogP contribution in [0.4, 0.5) is 0 Å². The molecule has 1 saturated carbocycles. The highest BCUT2D eigenvalue weighted by Crippen LogP contribution is 2.40. The van der Waals surface area contributed by atoms with Gasteiger partial charge in [0.1, 0.15) is 0 Å². The van der Waals surface area contributed by atoms with E-state index in [4.69, 9.17) is 23.2 Å². The van der Waals surface area contributed by atoms with E-state index in [9.17, 15) is 13.2 Å². The van der Waals surface area contributed by atoms with Crippen molar-refractivity contribution < 1.29 is 13.2 Å². The molecule has 1 aromatic heterocycles. The largest absolute Gasteiger partial charge is 0.339 e. The minimum absolute atomic E-state index is 0. The molecule has 2 aromatic rings. The number of halogens is 3. The van der Waals surface area contributed by atoms with Crippen LogP contribution in [0.15, 0.2) is 35.7 Å². The number of carbonyl (C=O) groups excluding carboxylic acids is 1. The highest BCUT2D eigenvalue weighted by Gasteiger charge is 2.42. The van der Waals surface area contributed by atoms with Crippen LogP contribution in [0.1, 0.15) is 48.9 Å². The first-order chi connectivity index (χ1) is 15.2. The van der Waals surface area contributed by atoms with Crippen LogP contribution < -0.4 is 0 Å². The second-order valence-electron chi connectivity index (χ2n) is 8.75. The van der Waals surface area contributed by atoms with E-state index in [2.05, 4.69) is 9.88 Å². The van der Waals surface area contributed by atoms with Crippen LogP contribution in [0.3, 0.4) is 0 Å². The zero-order valence-electron chi connectivity index (χ0n) is 18.5. The number of aromatic nitrogens is 2. The predicted molar refractivity (Wildman–Crippen MR) is 132 cm³/mol. The minimum Gasteiger partial charge on any atom is -0.339 e. The Kier molecular flexibility index (Phi) is 8.51. The van der Waals surface area contributed by atoms with Crippen molar-refractivity contribution in [2.24, 2.45) is 7.05 Å². The maximum atomic E-state index is 12.9. The van der Waals surface area contributed by atoms with Gasteiger partial charge in [0.05, 0.1) is 11.3 Å². The zero-order valence-corrected chi connectivity index (χ0v) is 21.7. The van der Waals surface area contributed by atoms with Gasteiger partial charge >= 0.3 is 0 Å². The van der Waals surface area contributed by atoms with Crippen molar-refractivity contribution in [3.05, 3.63) is 46.3 Å². The zero-order chi connectivity index (χ0) is 22.9. The molecule has 182 valence electrons. The molecular formula is C22H29Cl3N4O3S. The Bertz CT molecular complexity index is 1090. The van der Waals surface area contributed by atoms with Crippen LogP contribution in [0, 0.1) is 0 Å². The van der Waals surface area contributed by atoms with Gasteiger partial charge in [0.25, 0.3) is 10.0 Å². The average molecular weight is 536 g/mol. The topological polar surface area (TPSA) is 75.5 Å². The van der Waals surface area contributed by atoms with Gasteiger partial charge in [-0.05, 0) is 37.5 Å². The molecule has 0 unspecified atom stereocenters. The lowest BCUT2D eigenvalue weighted by Gasteiger charge is -2.45. The number of imidazole rings is 1. The second-order valence-corrected chi connectivity index (χ2v) is 11.5. The Morgan fingerprint density at radius 2 is 1.79 bits per heavy atom. The summed E-state index contributed by atoms with van der Waals surface area (Å²) in [5, 5.41) is 0.989. The van der Waals surface area contributed by atoms with Crippen molar-refractivity contribution in [1.29, 1.82) is 0 Å². The standard InChI is InChI=1S/C22H28Cl2N4O3S.ClH/c1-26-15-21(25-16-26)32(30,31)28-12-10-27(11-13-28)22(7-2-3-8-22)9-6-20(29)18-5-4-17(23)14-19(18)24;/h4-5,14-16H,2-3,6-13H2,1H3;1H. The van der Waals surface area contributed by atoms with Gasteiger partial charge in [0, 0.05) is 62.0 Å². The van der Waals surface area contributed by atoms with Crippen LogP contribution in [0.2, 0.25) is 10.0 Å². The molecule has 11 heteroatoms. The number of benzene rings is 1. The van der Waals surface area contributed by atoms with E-state index in [0.29, 0.717) is 48.2 Å². The van der Waals surface area contributed by atoms with E-state index in [1.54, 1.807) is 29.8 Å². The van der Waals surface area contributed by atoms with Gasteiger partial charge in [-0.15, -0.1) is 12.4 Å². The molecule has 2 fully saturated rings. The third-order valence-electron chi connectivity index (χ3n) is 6.78. The van der Waals surface area contributed by atoms with Gasteiger partial charge in [-0.1, -0.05) is 36.0 Å². The van der Waals surface area contributed by atoms with Crippen molar-refractivity contribution in [2.75, 3.05) is 26.2 Å². The van der Waals surface area contributed by atoms with Crippen LogP contribution in [0.5, 0.6) is 0 Å². The highest BCUT2D eigenvalue weighted by atomic mass is 35.5. The van der Waals surface area contributed by atoms with Gasteiger partial charge in [-0.25, -0.2) is 13.4 Å². The molecule has 1 aromatic carbocycles. The Balaban J connectivity index is 0.00000306. The quantitative estimate of drug-likeness (QED) is 0.490. The summed E-state index contributed by atoms with van der Waals surface area (Å²) in [5.74, 6) is 0.0225. The summed E-state index contributed by atoms with van der Waals surface area (Å²) in [4.78, 5) is 19.3. The molecular weight excluding hydrogens is 507 g/mol. The van der Waals surface area contributed by atoms with E-state index in [1.165, 1.54) is 16.8 Å². The summed E-state index contributed by atoms with van der Waals surface area (Å²) in [6, 6.07) is 4.98. The van der Waals surface area contributed by atoms with Crippen molar-refractivity contribution >= 4 is 51.4 Å². The molecule has 0 amide bonds. The monoisotopic (exact) mass is 534 g/mol. The Morgan fingerprint density at radius 1 is 1.12 bits per heavy atom. The molecule has 0 bridgehead atoms. The highest BCUT2D eigenvalue weighted by molar-refractivity contribution is 7.89. The fraction of sp³-hybridized carbons (Fsp3) is 0.545. The van der Waals surface area contributed by atoms with Crippen molar-refractivity contribution in [2.45, 2.75) is 49.1 Å². The number of carbonyl (C=O) groups is 1. The number of hydrogen-bond acceptors (Lipinski definition) is 5. The third-order valence-corrected chi connectivity index (χ3v) is 9.11. The fourth-order valence-corrected chi connectivity index (χ4v) is 6.91. The second kappa shape index (κ2) is 10.6. The lowest BCUT2D eigenvalue weighted by atomic mass is 9.87. The van der Waals surface area contributed by atoms with E-state index in [1.807, 2.05) is 0 Å². The molecule has 33 heavy (non-hydrogen) atoms. The van der Waals surface area contributed by atoms with E-state index < -0.39 is 10.0 Å². The number of piperazine rings is 1. The number of Topliss-reactive ketones (excluding diaryl/α,β-unsaturated/α-hetero) is 1. The summed E-state index contributed by atoms with van der Waals surface area (Å²) in [7, 11) is -1.83. The van der Waals surface area contributed by atoms with Crippen molar-refractivity contribution in [1.82, 2.24) is 18.8 Å². The van der Waals surface area contributed by atoms with E-state index >= 15 is 0 Å². The Morgan fingerprint density at radius 3 is 2.36 bits per heavy atom. The molecule has 2 heterocycles. The van der Waals surface area contributed by atoms with Crippen molar-refractivity contribution in [3.63, 3.8) is 0 Å². The summed E-state index contributed by atoms with van der Waals surface area (Å²) in [6.07, 6.45) is 8.51. The molecule has 0 spiro atoms. The Hall–Kier alpha value is -1.16. The van der Waals surface area contributed by atoms with Gasteiger partial charge < -0.3 is 4.57 Å². The number of aryl methyl sites for hydroxylation is 1. The molecule has 1 aliphatic carbocycles. The van der Waals surface area contributed by atoms with Crippen LogP contribution in [0.25, 0.3) is 0 Å². The molecule has 4 rings (SSSR count). The number of rotatable bonds is 7. The number of ketones is 1. The van der Waals surface area contributed by atoms with E-state index in [-0.39, 0.29) is 28.8 Å². The molecule has 1 aliphatic heterocycles. The summed E-state index contributed by atoms with van der Waals surface area (Å²) < 4.78 is 29.0. The normalized spacial score (nSPS) is 19.4. The first kappa shape index (κ1) is 26.4. The van der Waals surface area contributed by atoms with Crippen LogP contribution in [-0.2, 0) is 17.1 Å². The maximum absolute atomic E-state index is 12.9. The fourth-order valence-electron chi connectivity index (χ4n) is 5.01. The van der Waals surface area contributed by atoms with Crippen molar-refractivity contribution in [3.8, 4) is 0 Å². The summed E-state index contributed by atoms with van der Waals surface area (Å²) >= 11 is 12.2. The van der Waals surface area contributed by atoms with Crippen LogP contribution >= 0.6 is 35.6 Å². The minimum atomic E-state index is -3.58. The van der Waals surface area contributed by atoms with E-state index in [0.717, 1.165) is 32.1 Å². The molecule has 0 radical (unpaired) electrons. The maximum Gasteiger partial charge on any atom is 0.262 e. The lowest BCUT2D eigenvalue weighted by Crippen LogP contribution is -2.57. The molecule has 1 saturated heterocycles. The third kappa shape index (κ3) is 5.57. The van der Waals surface area contributed by atoms with Gasteiger partial charge in [0.2, 0.25) is 0 Å². The van der Waals surface area contributed by atoms with Gasteiger partial charge in [0.15, 0.2) is 10.8 Å². The number of hydrogen-bond donors (Lipinski definition) is 0. The SMILES string of the molecule is Cl.Cn1cnc(S(=O)(=O)N2CCN(C3(CCC(=O)c4ccc(Cl)cc4Cl)CCCC3)CC2)c1.